The molecule has 0 spiro atoms. The van der Waals surface area contributed by atoms with E-state index in [1.165, 1.54) is 25.6 Å². The highest BCUT2D eigenvalue weighted by molar-refractivity contribution is 5.96. The predicted molar refractivity (Wildman–Crippen MR) is 87.5 cm³/mol. The Morgan fingerprint density at radius 3 is 2.79 bits per heavy atom. The number of rotatable bonds is 4. The van der Waals surface area contributed by atoms with Gasteiger partial charge in [-0.25, -0.2) is 9.18 Å². The van der Waals surface area contributed by atoms with Crippen LogP contribution in [0.4, 0.5) is 15.9 Å². The van der Waals surface area contributed by atoms with Crippen LogP contribution in [0.1, 0.15) is 10.4 Å². The van der Waals surface area contributed by atoms with Crippen molar-refractivity contribution in [3.63, 3.8) is 0 Å². The summed E-state index contributed by atoms with van der Waals surface area (Å²) in [4.78, 5) is 15.9. The standard InChI is InChI=1S/C17H15FN4O2/c1-22-10-13(11-5-3-4-6-14(11)18)16(21-22)20-15-9-19-8-7-12(15)17(23)24-2/h3-10H,1-2H3,(H,20,21). The van der Waals surface area contributed by atoms with Crippen LogP contribution >= 0.6 is 0 Å². The summed E-state index contributed by atoms with van der Waals surface area (Å²) in [5.41, 5.74) is 1.74. The Balaban J connectivity index is 2.04. The molecule has 7 heteroatoms. The zero-order chi connectivity index (χ0) is 17.1. The van der Waals surface area contributed by atoms with Crippen molar-refractivity contribution in [3.05, 3.63) is 60.3 Å². The third-order valence-corrected chi connectivity index (χ3v) is 3.47. The van der Waals surface area contributed by atoms with Gasteiger partial charge < -0.3 is 10.1 Å². The van der Waals surface area contributed by atoms with E-state index in [1.807, 2.05) is 0 Å². The average molecular weight is 326 g/mol. The van der Waals surface area contributed by atoms with E-state index < -0.39 is 5.97 Å². The smallest absolute Gasteiger partial charge is 0.340 e. The zero-order valence-corrected chi connectivity index (χ0v) is 13.2. The number of carbonyl (C=O) groups excluding carboxylic acids is 1. The lowest BCUT2D eigenvalue weighted by atomic mass is 10.1. The highest BCUT2D eigenvalue weighted by atomic mass is 19.1. The molecule has 0 saturated heterocycles. The molecule has 3 rings (SSSR count). The number of nitrogens with zero attached hydrogens (tertiary/aromatic N) is 3. The van der Waals surface area contributed by atoms with Crippen LogP contribution in [0.25, 0.3) is 11.1 Å². The van der Waals surface area contributed by atoms with Crippen LogP contribution in [0.5, 0.6) is 0 Å². The fourth-order valence-electron chi connectivity index (χ4n) is 2.37. The Bertz CT molecular complexity index is 892. The van der Waals surface area contributed by atoms with E-state index in [4.69, 9.17) is 4.74 Å². The molecule has 0 saturated carbocycles. The fourth-order valence-corrected chi connectivity index (χ4v) is 2.37. The van der Waals surface area contributed by atoms with Gasteiger partial charge in [0, 0.05) is 30.6 Å². The van der Waals surface area contributed by atoms with Crippen molar-refractivity contribution >= 4 is 17.5 Å². The van der Waals surface area contributed by atoms with E-state index in [-0.39, 0.29) is 5.82 Å². The topological polar surface area (TPSA) is 69.0 Å². The molecule has 0 aliphatic heterocycles. The van der Waals surface area contributed by atoms with E-state index in [9.17, 15) is 9.18 Å². The Morgan fingerprint density at radius 2 is 2.04 bits per heavy atom. The maximum atomic E-state index is 14.1. The Labute approximate surface area is 137 Å². The van der Waals surface area contributed by atoms with E-state index in [0.717, 1.165) is 0 Å². The number of pyridine rings is 1. The van der Waals surface area contributed by atoms with Crippen molar-refractivity contribution in [3.8, 4) is 11.1 Å². The van der Waals surface area contributed by atoms with Gasteiger partial charge in [-0.05, 0) is 12.1 Å². The van der Waals surface area contributed by atoms with E-state index in [1.54, 1.807) is 42.2 Å². The van der Waals surface area contributed by atoms with E-state index in [0.29, 0.717) is 28.2 Å². The van der Waals surface area contributed by atoms with Gasteiger partial charge in [-0.15, -0.1) is 0 Å². The van der Waals surface area contributed by atoms with Gasteiger partial charge in [0.1, 0.15) is 5.82 Å². The lowest BCUT2D eigenvalue weighted by Crippen LogP contribution is -2.06. The molecular formula is C17H15FN4O2. The van der Waals surface area contributed by atoms with Gasteiger partial charge in [-0.2, -0.15) is 5.10 Å². The second kappa shape index (κ2) is 6.49. The number of halogens is 1. The molecule has 2 aromatic heterocycles. The summed E-state index contributed by atoms with van der Waals surface area (Å²) >= 11 is 0. The SMILES string of the molecule is COC(=O)c1ccncc1Nc1nn(C)cc1-c1ccccc1F. The Kier molecular flexibility index (Phi) is 4.24. The summed E-state index contributed by atoms with van der Waals surface area (Å²) in [6.07, 6.45) is 4.69. The number of aryl methyl sites for hydroxylation is 1. The number of ether oxygens (including phenoxy) is 1. The lowest BCUT2D eigenvalue weighted by molar-refractivity contribution is 0.0602. The molecular weight excluding hydrogens is 311 g/mol. The molecule has 0 fully saturated rings. The number of hydrogen-bond acceptors (Lipinski definition) is 5. The molecule has 122 valence electrons. The highest BCUT2D eigenvalue weighted by Crippen LogP contribution is 2.31. The quantitative estimate of drug-likeness (QED) is 0.746. The molecule has 3 aromatic rings. The van der Waals surface area contributed by atoms with Gasteiger partial charge in [0.05, 0.1) is 24.6 Å². The Morgan fingerprint density at radius 1 is 1.25 bits per heavy atom. The number of hydrogen-bond donors (Lipinski definition) is 1. The number of nitrogens with one attached hydrogen (secondary N) is 1. The normalized spacial score (nSPS) is 10.5. The van der Waals surface area contributed by atoms with Gasteiger partial charge in [-0.3, -0.25) is 9.67 Å². The zero-order valence-electron chi connectivity index (χ0n) is 13.2. The molecule has 0 aliphatic rings. The van der Waals surface area contributed by atoms with Crippen LogP contribution in [-0.2, 0) is 11.8 Å². The largest absolute Gasteiger partial charge is 0.465 e. The minimum absolute atomic E-state index is 0.317. The molecule has 0 unspecified atom stereocenters. The number of methoxy groups -OCH3 is 1. The molecule has 0 radical (unpaired) electrons. The molecule has 24 heavy (non-hydrogen) atoms. The van der Waals surface area contributed by atoms with Crippen LogP contribution in [-0.4, -0.2) is 27.8 Å². The van der Waals surface area contributed by atoms with Crippen molar-refractivity contribution in [1.82, 2.24) is 14.8 Å². The number of aromatic nitrogens is 3. The molecule has 1 aromatic carbocycles. The second-order valence-electron chi connectivity index (χ2n) is 5.08. The first-order valence-electron chi connectivity index (χ1n) is 7.18. The van der Waals surface area contributed by atoms with Crippen molar-refractivity contribution in [2.75, 3.05) is 12.4 Å². The summed E-state index contributed by atoms with van der Waals surface area (Å²) < 4.78 is 20.4. The van der Waals surface area contributed by atoms with Crippen LogP contribution in [0, 0.1) is 5.82 Å². The molecule has 0 atom stereocenters. The third-order valence-electron chi connectivity index (χ3n) is 3.47. The van der Waals surface area contributed by atoms with Gasteiger partial charge in [0.15, 0.2) is 5.82 Å². The van der Waals surface area contributed by atoms with E-state index >= 15 is 0 Å². The molecule has 0 bridgehead atoms. The molecule has 0 aliphatic carbocycles. The third kappa shape index (κ3) is 2.96. The van der Waals surface area contributed by atoms with Gasteiger partial charge in [0.2, 0.25) is 0 Å². The first-order valence-corrected chi connectivity index (χ1v) is 7.18. The first kappa shape index (κ1) is 15.7. The van der Waals surface area contributed by atoms with Crippen LogP contribution in [0.3, 0.4) is 0 Å². The van der Waals surface area contributed by atoms with E-state index in [2.05, 4.69) is 15.4 Å². The minimum atomic E-state index is -0.497. The molecule has 6 nitrogen and oxygen atoms in total. The summed E-state index contributed by atoms with van der Waals surface area (Å²) in [7, 11) is 3.04. The Hall–Kier alpha value is -3.22. The van der Waals surface area contributed by atoms with Gasteiger partial charge >= 0.3 is 5.97 Å². The summed E-state index contributed by atoms with van der Waals surface area (Å²) in [5.74, 6) is -0.433. The van der Waals surface area contributed by atoms with Crippen molar-refractivity contribution in [1.29, 1.82) is 0 Å². The number of benzene rings is 1. The van der Waals surface area contributed by atoms with Crippen molar-refractivity contribution < 1.29 is 13.9 Å². The first-order chi connectivity index (χ1) is 11.6. The molecule has 1 N–H and O–H groups in total. The van der Waals surface area contributed by atoms with Crippen molar-refractivity contribution in [2.24, 2.45) is 7.05 Å². The fraction of sp³-hybridized carbons (Fsp3) is 0.118. The molecule has 2 heterocycles. The maximum absolute atomic E-state index is 14.1. The average Bonchev–Trinajstić information content (AvgIpc) is 2.95. The monoisotopic (exact) mass is 326 g/mol. The van der Waals surface area contributed by atoms with Crippen LogP contribution in [0.2, 0.25) is 0 Å². The predicted octanol–water partition coefficient (Wildman–Crippen LogP) is 3.15. The molecule has 0 amide bonds. The summed E-state index contributed by atoms with van der Waals surface area (Å²) in [6.45, 7) is 0. The van der Waals surface area contributed by atoms with Gasteiger partial charge in [-0.1, -0.05) is 18.2 Å². The minimum Gasteiger partial charge on any atom is -0.465 e. The number of anilines is 2. The summed E-state index contributed by atoms with van der Waals surface area (Å²) in [6, 6.07) is 7.97. The van der Waals surface area contributed by atoms with Gasteiger partial charge in [0.25, 0.3) is 0 Å². The number of esters is 1. The highest BCUT2D eigenvalue weighted by Gasteiger charge is 2.17. The van der Waals surface area contributed by atoms with Crippen molar-refractivity contribution in [2.45, 2.75) is 0 Å². The number of carbonyl (C=O) groups is 1. The lowest BCUT2D eigenvalue weighted by Gasteiger charge is -2.10. The van der Waals surface area contributed by atoms with Crippen LogP contribution in [0.15, 0.2) is 48.9 Å². The maximum Gasteiger partial charge on any atom is 0.340 e. The summed E-state index contributed by atoms with van der Waals surface area (Å²) in [5, 5.41) is 7.35. The second-order valence-corrected chi connectivity index (χ2v) is 5.08. The van der Waals surface area contributed by atoms with Crippen LogP contribution < -0.4 is 5.32 Å².